The molecule has 0 spiro atoms. The second-order valence-electron chi connectivity index (χ2n) is 5.15. The van der Waals surface area contributed by atoms with Crippen LogP contribution in [-0.4, -0.2) is 26.7 Å². The van der Waals surface area contributed by atoms with E-state index in [0.717, 1.165) is 0 Å². The minimum Gasteiger partial charge on any atom is -0.399 e. The fraction of sp³-hybridized carbons (Fsp3) is 0.500. The van der Waals surface area contributed by atoms with Crippen molar-refractivity contribution in [2.24, 2.45) is 5.41 Å². The van der Waals surface area contributed by atoms with Gasteiger partial charge in [-0.05, 0) is 17.7 Å². The number of sulfonamides is 1. The lowest BCUT2D eigenvalue weighted by Crippen LogP contribution is -2.36. The number of aliphatic hydroxyl groups excluding tert-OH is 1. The largest absolute Gasteiger partial charge is 0.399 e. The normalized spacial score (nSPS) is 12.6. The maximum absolute atomic E-state index is 11.8. The number of anilines is 1. The van der Waals surface area contributed by atoms with Gasteiger partial charge in [-0.1, -0.05) is 26.0 Å². The third-order valence-electron chi connectivity index (χ3n) is 2.51. The third-order valence-corrected chi connectivity index (χ3v) is 3.80. The van der Waals surface area contributed by atoms with Crippen molar-refractivity contribution >= 4 is 15.7 Å². The molecule has 0 saturated carbocycles. The van der Waals surface area contributed by atoms with Crippen molar-refractivity contribution in [1.29, 1.82) is 0 Å². The minimum atomic E-state index is -3.41. The monoisotopic (exact) mass is 272 g/mol. The third kappa shape index (κ3) is 5.03. The number of hydrogen-bond donors (Lipinski definition) is 3. The van der Waals surface area contributed by atoms with Crippen molar-refractivity contribution in [1.82, 2.24) is 4.72 Å². The Hall–Kier alpha value is -1.11. The predicted molar refractivity (Wildman–Crippen MR) is 72.3 cm³/mol. The topological polar surface area (TPSA) is 92.4 Å². The summed E-state index contributed by atoms with van der Waals surface area (Å²) in [5.74, 6) is -0.112. The molecule has 0 saturated heterocycles. The fourth-order valence-corrected chi connectivity index (χ4v) is 2.65. The van der Waals surface area contributed by atoms with Gasteiger partial charge in [-0.25, -0.2) is 13.1 Å². The van der Waals surface area contributed by atoms with Crippen LogP contribution in [0.4, 0.5) is 5.69 Å². The summed E-state index contributed by atoms with van der Waals surface area (Å²) >= 11 is 0. The molecule has 4 N–H and O–H groups in total. The molecule has 0 bridgehead atoms. The van der Waals surface area contributed by atoms with Crippen molar-refractivity contribution in [3.8, 4) is 0 Å². The van der Waals surface area contributed by atoms with Gasteiger partial charge in [0, 0.05) is 24.3 Å². The van der Waals surface area contributed by atoms with E-state index in [2.05, 4.69) is 4.72 Å². The highest BCUT2D eigenvalue weighted by Crippen LogP contribution is 2.14. The van der Waals surface area contributed by atoms with Crippen LogP contribution in [-0.2, 0) is 15.8 Å². The standard InChI is InChI=1S/C12H20N2O3S/c1-12(2,9-15)8-14-18(16,17)7-10-4-3-5-11(13)6-10/h3-6,14-15H,7-9,13H2,1-2H3. The van der Waals surface area contributed by atoms with Gasteiger partial charge >= 0.3 is 0 Å². The van der Waals surface area contributed by atoms with E-state index in [1.54, 1.807) is 38.1 Å². The van der Waals surface area contributed by atoms with Gasteiger partial charge in [0.2, 0.25) is 10.0 Å². The number of hydrogen-bond acceptors (Lipinski definition) is 4. The summed E-state index contributed by atoms with van der Waals surface area (Å²) in [7, 11) is -3.41. The first-order chi connectivity index (χ1) is 8.24. The van der Waals surface area contributed by atoms with E-state index in [1.165, 1.54) is 0 Å². The smallest absolute Gasteiger partial charge is 0.215 e. The molecule has 1 aromatic carbocycles. The number of aliphatic hydroxyl groups is 1. The molecule has 6 heteroatoms. The zero-order valence-electron chi connectivity index (χ0n) is 10.7. The van der Waals surface area contributed by atoms with E-state index in [1.807, 2.05) is 0 Å². The lowest BCUT2D eigenvalue weighted by molar-refractivity contribution is 0.163. The van der Waals surface area contributed by atoms with Crippen LogP contribution in [0.25, 0.3) is 0 Å². The van der Waals surface area contributed by atoms with E-state index in [9.17, 15) is 8.42 Å². The molecule has 0 fully saturated rings. The molecule has 0 atom stereocenters. The van der Waals surface area contributed by atoms with E-state index in [-0.39, 0.29) is 18.9 Å². The van der Waals surface area contributed by atoms with Crippen LogP contribution in [0.1, 0.15) is 19.4 Å². The molecule has 0 aliphatic carbocycles. The Morgan fingerprint density at radius 1 is 1.39 bits per heavy atom. The van der Waals surface area contributed by atoms with Gasteiger partial charge in [-0.2, -0.15) is 0 Å². The Kier molecular flexibility index (Phi) is 4.72. The van der Waals surface area contributed by atoms with Gasteiger partial charge in [0.25, 0.3) is 0 Å². The molecule has 1 aromatic rings. The second kappa shape index (κ2) is 5.69. The Morgan fingerprint density at radius 2 is 2.06 bits per heavy atom. The number of nitrogens with two attached hydrogens (primary N) is 1. The summed E-state index contributed by atoms with van der Waals surface area (Å²) in [6.45, 7) is 3.70. The van der Waals surface area contributed by atoms with Gasteiger partial charge in [0.15, 0.2) is 0 Å². The number of benzene rings is 1. The van der Waals surface area contributed by atoms with E-state index in [0.29, 0.717) is 11.3 Å². The zero-order chi connectivity index (χ0) is 13.8. The molecule has 1 rings (SSSR count). The van der Waals surface area contributed by atoms with Crippen LogP contribution >= 0.6 is 0 Å². The summed E-state index contributed by atoms with van der Waals surface area (Å²) < 4.78 is 26.2. The summed E-state index contributed by atoms with van der Waals surface area (Å²) in [5, 5.41) is 9.07. The lowest BCUT2D eigenvalue weighted by atomic mass is 9.96. The molecule has 0 radical (unpaired) electrons. The van der Waals surface area contributed by atoms with Crippen molar-refractivity contribution in [2.45, 2.75) is 19.6 Å². The Bertz CT molecular complexity index is 498. The van der Waals surface area contributed by atoms with Crippen LogP contribution in [0.15, 0.2) is 24.3 Å². The maximum atomic E-state index is 11.8. The number of nitrogens with one attached hydrogen (secondary N) is 1. The molecule has 0 unspecified atom stereocenters. The number of nitrogen functional groups attached to an aromatic ring is 1. The van der Waals surface area contributed by atoms with E-state index < -0.39 is 15.4 Å². The zero-order valence-corrected chi connectivity index (χ0v) is 11.5. The highest BCUT2D eigenvalue weighted by Gasteiger charge is 2.20. The first-order valence-corrected chi connectivity index (χ1v) is 7.32. The van der Waals surface area contributed by atoms with E-state index >= 15 is 0 Å². The SMILES string of the molecule is CC(C)(CO)CNS(=O)(=O)Cc1cccc(N)c1. The van der Waals surface area contributed by atoms with Crippen molar-refractivity contribution in [2.75, 3.05) is 18.9 Å². The molecule has 0 amide bonds. The molecular formula is C12H20N2O3S. The Balaban J connectivity index is 2.66. The summed E-state index contributed by atoms with van der Waals surface area (Å²) in [5.41, 5.74) is 6.31. The van der Waals surface area contributed by atoms with Crippen molar-refractivity contribution < 1.29 is 13.5 Å². The lowest BCUT2D eigenvalue weighted by Gasteiger charge is -2.21. The summed E-state index contributed by atoms with van der Waals surface area (Å²) in [4.78, 5) is 0. The van der Waals surface area contributed by atoms with E-state index in [4.69, 9.17) is 10.8 Å². The molecule has 102 valence electrons. The number of rotatable bonds is 6. The molecular weight excluding hydrogens is 252 g/mol. The molecule has 0 heterocycles. The van der Waals surface area contributed by atoms with Crippen LogP contribution in [0.2, 0.25) is 0 Å². The van der Waals surface area contributed by atoms with Gasteiger partial charge in [0.05, 0.1) is 5.75 Å². The van der Waals surface area contributed by atoms with Crippen LogP contribution < -0.4 is 10.5 Å². The molecule has 0 aliphatic heterocycles. The first kappa shape index (κ1) is 14.9. The van der Waals surface area contributed by atoms with Crippen LogP contribution in [0.5, 0.6) is 0 Å². The van der Waals surface area contributed by atoms with Crippen molar-refractivity contribution in [3.63, 3.8) is 0 Å². The Labute approximate surface area is 108 Å². The molecule has 0 aromatic heterocycles. The first-order valence-electron chi connectivity index (χ1n) is 5.67. The maximum Gasteiger partial charge on any atom is 0.215 e. The van der Waals surface area contributed by atoms with Gasteiger partial charge < -0.3 is 10.8 Å². The summed E-state index contributed by atoms with van der Waals surface area (Å²) in [6, 6.07) is 6.78. The van der Waals surface area contributed by atoms with Crippen molar-refractivity contribution in [3.05, 3.63) is 29.8 Å². The minimum absolute atomic E-state index is 0.0756. The molecule has 0 aliphatic rings. The van der Waals surface area contributed by atoms with Crippen LogP contribution in [0.3, 0.4) is 0 Å². The summed E-state index contributed by atoms with van der Waals surface area (Å²) in [6.07, 6.45) is 0. The molecule has 5 nitrogen and oxygen atoms in total. The highest BCUT2D eigenvalue weighted by molar-refractivity contribution is 7.88. The van der Waals surface area contributed by atoms with Gasteiger partial charge in [-0.3, -0.25) is 0 Å². The Morgan fingerprint density at radius 3 is 2.61 bits per heavy atom. The average molecular weight is 272 g/mol. The highest BCUT2D eigenvalue weighted by atomic mass is 32.2. The quantitative estimate of drug-likeness (QED) is 0.665. The van der Waals surface area contributed by atoms with Gasteiger partial charge in [-0.15, -0.1) is 0 Å². The van der Waals surface area contributed by atoms with Crippen LogP contribution in [0, 0.1) is 5.41 Å². The average Bonchev–Trinajstić information content (AvgIpc) is 2.26. The second-order valence-corrected chi connectivity index (χ2v) is 6.95. The fourth-order valence-electron chi connectivity index (χ4n) is 1.31. The van der Waals surface area contributed by atoms with Gasteiger partial charge in [0.1, 0.15) is 0 Å². The molecule has 18 heavy (non-hydrogen) atoms. The predicted octanol–water partition coefficient (Wildman–Crippen LogP) is 0.707.